The molecular formula is C14H23NS. The van der Waals surface area contributed by atoms with Gasteiger partial charge in [-0.1, -0.05) is 20.3 Å². The highest BCUT2D eigenvalue weighted by Crippen LogP contribution is 2.37. The Morgan fingerprint density at radius 1 is 1.50 bits per heavy atom. The minimum atomic E-state index is 0.698. The molecule has 1 N–H and O–H groups in total. The molecule has 90 valence electrons. The van der Waals surface area contributed by atoms with Crippen LogP contribution >= 0.6 is 11.3 Å². The number of fused-ring (bicyclic) bond motifs is 1. The molecule has 0 fully saturated rings. The predicted octanol–water partition coefficient (Wildman–Crippen LogP) is 3.95. The average Bonchev–Trinajstić information content (AvgIpc) is 2.76. The van der Waals surface area contributed by atoms with E-state index >= 15 is 0 Å². The van der Waals surface area contributed by atoms with Crippen LogP contribution in [-0.4, -0.2) is 12.6 Å². The molecule has 0 spiro atoms. The summed E-state index contributed by atoms with van der Waals surface area (Å²) in [6, 6.07) is 3.06. The van der Waals surface area contributed by atoms with Crippen LogP contribution in [0.3, 0.4) is 0 Å². The number of hydrogen-bond acceptors (Lipinski definition) is 2. The summed E-state index contributed by atoms with van der Waals surface area (Å²) in [5.41, 5.74) is 1.65. The lowest BCUT2D eigenvalue weighted by Crippen LogP contribution is -2.36. The fraction of sp³-hybridized carbons (Fsp3) is 0.714. The van der Waals surface area contributed by atoms with Crippen LogP contribution in [0, 0.1) is 0 Å². The van der Waals surface area contributed by atoms with Crippen molar-refractivity contribution in [3.8, 4) is 0 Å². The zero-order valence-electron chi connectivity index (χ0n) is 10.5. The van der Waals surface area contributed by atoms with Gasteiger partial charge in [0, 0.05) is 16.8 Å². The SMILES string of the molecule is CCCC(NCC)C1CCCc2sccc21. The minimum Gasteiger partial charge on any atom is -0.314 e. The first-order valence-corrected chi connectivity index (χ1v) is 7.54. The van der Waals surface area contributed by atoms with Gasteiger partial charge >= 0.3 is 0 Å². The molecule has 1 aliphatic carbocycles. The number of hydrogen-bond donors (Lipinski definition) is 1. The van der Waals surface area contributed by atoms with E-state index in [1.165, 1.54) is 32.1 Å². The zero-order valence-corrected chi connectivity index (χ0v) is 11.3. The molecule has 2 rings (SSSR count). The summed E-state index contributed by atoms with van der Waals surface area (Å²) >= 11 is 1.95. The van der Waals surface area contributed by atoms with E-state index in [-0.39, 0.29) is 0 Å². The Kier molecular flexibility index (Phi) is 4.42. The fourth-order valence-electron chi connectivity index (χ4n) is 2.96. The molecule has 16 heavy (non-hydrogen) atoms. The largest absolute Gasteiger partial charge is 0.314 e. The minimum absolute atomic E-state index is 0.698. The summed E-state index contributed by atoms with van der Waals surface area (Å²) in [6.45, 7) is 5.61. The van der Waals surface area contributed by atoms with Crippen molar-refractivity contribution >= 4 is 11.3 Å². The molecule has 1 nitrogen and oxygen atoms in total. The summed E-state index contributed by atoms with van der Waals surface area (Å²) in [5, 5.41) is 5.96. The summed E-state index contributed by atoms with van der Waals surface area (Å²) in [4.78, 5) is 1.65. The zero-order chi connectivity index (χ0) is 11.4. The van der Waals surface area contributed by atoms with Crippen molar-refractivity contribution < 1.29 is 0 Å². The van der Waals surface area contributed by atoms with Crippen LogP contribution in [0.2, 0.25) is 0 Å². The van der Waals surface area contributed by atoms with Crippen LogP contribution in [0.5, 0.6) is 0 Å². The number of aryl methyl sites for hydroxylation is 1. The molecule has 1 aromatic rings. The van der Waals surface area contributed by atoms with Gasteiger partial charge in [-0.25, -0.2) is 0 Å². The highest BCUT2D eigenvalue weighted by Gasteiger charge is 2.27. The highest BCUT2D eigenvalue weighted by molar-refractivity contribution is 7.10. The summed E-state index contributed by atoms with van der Waals surface area (Å²) < 4.78 is 0. The molecule has 0 aliphatic heterocycles. The fourth-order valence-corrected chi connectivity index (χ4v) is 3.96. The Morgan fingerprint density at radius 2 is 2.38 bits per heavy atom. The van der Waals surface area contributed by atoms with E-state index in [0.717, 1.165) is 12.5 Å². The van der Waals surface area contributed by atoms with Gasteiger partial charge in [-0.15, -0.1) is 11.3 Å². The monoisotopic (exact) mass is 237 g/mol. The molecule has 0 aromatic carbocycles. The van der Waals surface area contributed by atoms with Gasteiger partial charge in [-0.2, -0.15) is 0 Å². The van der Waals surface area contributed by atoms with E-state index in [1.807, 2.05) is 11.3 Å². The second kappa shape index (κ2) is 5.83. The molecule has 1 aromatic heterocycles. The Bertz CT molecular complexity index is 312. The molecule has 2 heteroatoms. The van der Waals surface area contributed by atoms with Crippen molar-refractivity contribution in [2.75, 3.05) is 6.54 Å². The van der Waals surface area contributed by atoms with Gasteiger partial charge in [0.25, 0.3) is 0 Å². The lowest BCUT2D eigenvalue weighted by molar-refractivity contribution is 0.378. The third kappa shape index (κ3) is 2.49. The highest BCUT2D eigenvalue weighted by atomic mass is 32.1. The van der Waals surface area contributed by atoms with Crippen molar-refractivity contribution in [3.05, 3.63) is 21.9 Å². The molecule has 1 aliphatic rings. The first-order chi connectivity index (χ1) is 7.86. The summed E-state index contributed by atoms with van der Waals surface area (Å²) in [5.74, 6) is 0.773. The molecular weight excluding hydrogens is 214 g/mol. The van der Waals surface area contributed by atoms with E-state index in [2.05, 4.69) is 30.6 Å². The van der Waals surface area contributed by atoms with E-state index in [1.54, 1.807) is 10.4 Å². The van der Waals surface area contributed by atoms with Gasteiger partial charge in [0.05, 0.1) is 0 Å². The Morgan fingerprint density at radius 3 is 3.12 bits per heavy atom. The normalized spacial score (nSPS) is 21.8. The van der Waals surface area contributed by atoms with Crippen LogP contribution in [0.25, 0.3) is 0 Å². The van der Waals surface area contributed by atoms with Crippen LogP contribution in [-0.2, 0) is 6.42 Å². The Labute approximate surface area is 103 Å². The third-order valence-electron chi connectivity index (χ3n) is 3.65. The lowest BCUT2D eigenvalue weighted by atomic mass is 9.81. The van der Waals surface area contributed by atoms with Crippen molar-refractivity contribution in [3.63, 3.8) is 0 Å². The molecule has 0 radical (unpaired) electrons. The van der Waals surface area contributed by atoms with Gasteiger partial charge in [0.2, 0.25) is 0 Å². The van der Waals surface area contributed by atoms with Gasteiger partial charge < -0.3 is 5.32 Å². The maximum absolute atomic E-state index is 3.69. The number of nitrogens with one attached hydrogen (secondary N) is 1. The third-order valence-corrected chi connectivity index (χ3v) is 4.65. The molecule has 2 unspecified atom stereocenters. The second-order valence-corrected chi connectivity index (χ2v) is 5.75. The van der Waals surface area contributed by atoms with E-state index in [0.29, 0.717) is 6.04 Å². The summed E-state index contributed by atoms with van der Waals surface area (Å²) in [7, 11) is 0. The molecule has 1 heterocycles. The quantitative estimate of drug-likeness (QED) is 0.817. The van der Waals surface area contributed by atoms with Gasteiger partial charge in [-0.05, 0) is 49.2 Å². The van der Waals surface area contributed by atoms with Crippen molar-refractivity contribution in [2.45, 2.75) is 57.9 Å². The number of likely N-dealkylation sites (N-methyl/N-ethyl adjacent to an activating group) is 1. The smallest absolute Gasteiger partial charge is 0.0136 e. The molecule has 0 saturated carbocycles. The molecule has 0 bridgehead atoms. The van der Waals surface area contributed by atoms with Crippen LogP contribution in [0.1, 0.15) is 55.9 Å². The van der Waals surface area contributed by atoms with E-state index < -0.39 is 0 Å². The molecule has 0 amide bonds. The second-order valence-electron chi connectivity index (χ2n) is 4.75. The van der Waals surface area contributed by atoms with E-state index in [9.17, 15) is 0 Å². The predicted molar refractivity (Wildman–Crippen MR) is 72.4 cm³/mol. The molecule has 0 saturated heterocycles. The maximum Gasteiger partial charge on any atom is 0.0136 e. The maximum atomic E-state index is 3.69. The molecule has 2 atom stereocenters. The topological polar surface area (TPSA) is 12.0 Å². The first kappa shape index (κ1) is 12.1. The van der Waals surface area contributed by atoms with E-state index in [4.69, 9.17) is 0 Å². The number of rotatable bonds is 5. The van der Waals surface area contributed by atoms with Crippen molar-refractivity contribution in [2.24, 2.45) is 0 Å². The van der Waals surface area contributed by atoms with Crippen molar-refractivity contribution in [1.29, 1.82) is 0 Å². The van der Waals surface area contributed by atoms with Crippen LogP contribution in [0.4, 0.5) is 0 Å². The Balaban J connectivity index is 2.14. The van der Waals surface area contributed by atoms with Gasteiger partial charge in [0.1, 0.15) is 0 Å². The lowest BCUT2D eigenvalue weighted by Gasteiger charge is -2.31. The standard InChI is InChI=1S/C14H23NS/c1-3-6-13(15-4-2)11-7-5-8-14-12(11)9-10-16-14/h9-11,13,15H,3-8H2,1-2H3. The van der Waals surface area contributed by atoms with Crippen LogP contribution < -0.4 is 5.32 Å². The average molecular weight is 237 g/mol. The van der Waals surface area contributed by atoms with Crippen LogP contribution in [0.15, 0.2) is 11.4 Å². The van der Waals surface area contributed by atoms with Gasteiger partial charge in [0.15, 0.2) is 0 Å². The first-order valence-electron chi connectivity index (χ1n) is 6.66. The van der Waals surface area contributed by atoms with Crippen molar-refractivity contribution in [1.82, 2.24) is 5.32 Å². The Hall–Kier alpha value is -0.340. The summed E-state index contributed by atoms with van der Waals surface area (Å²) in [6.07, 6.45) is 6.67. The number of thiophene rings is 1. The van der Waals surface area contributed by atoms with Gasteiger partial charge in [-0.3, -0.25) is 0 Å².